The van der Waals surface area contributed by atoms with Crippen molar-refractivity contribution in [3.8, 4) is 11.8 Å². The summed E-state index contributed by atoms with van der Waals surface area (Å²) < 4.78 is 48.2. The molecule has 6 rings (SSSR count). The Balaban J connectivity index is 1.10. The molecule has 3 N–H and O–H groups in total. The Morgan fingerprint density at radius 1 is 0.959 bits per heavy atom. The average molecular weight is 674 g/mol. The van der Waals surface area contributed by atoms with Crippen molar-refractivity contribution in [3.05, 3.63) is 101 Å². The maximum absolute atomic E-state index is 14.7. The van der Waals surface area contributed by atoms with Gasteiger partial charge >= 0.3 is 0 Å². The van der Waals surface area contributed by atoms with Crippen LogP contribution in [-0.4, -0.2) is 64.3 Å². The SMILES string of the molecule is N#CC1CC2CC2N1C(=O)C[C@@H](Cc1cc(F)c(F)cc1F)NC(=O)C1CCCN1C(=O)C(N)Cc1ccc(OCc2ccccc2)cc1. The minimum absolute atomic E-state index is 0.0454. The van der Waals surface area contributed by atoms with E-state index < -0.39 is 53.4 Å². The number of benzene rings is 3. The zero-order valence-corrected chi connectivity index (χ0v) is 26.9. The number of piperidine rings is 1. The monoisotopic (exact) mass is 673 g/mol. The number of carbonyl (C=O) groups excluding carboxylic acids is 3. The fourth-order valence-corrected chi connectivity index (χ4v) is 7.02. The highest BCUT2D eigenvalue weighted by Gasteiger charge is 2.54. The first-order chi connectivity index (χ1) is 23.6. The summed E-state index contributed by atoms with van der Waals surface area (Å²) in [5, 5.41) is 12.4. The lowest BCUT2D eigenvalue weighted by Crippen LogP contribution is -2.54. The highest BCUT2D eigenvalue weighted by Crippen LogP contribution is 2.48. The fraction of sp³-hybridized carbons (Fsp3) is 0.405. The lowest BCUT2D eigenvalue weighted by atomic mass is 10.0. The molecule has 0 bridgehead atoms. The summed E-state index contributed by atoms with van der Waals surface area (Å²) in [5.41, 5.74) is 7.99. The van der Waals surface area contributed by atoms with E-state index in [0.717, 1.165) is 17.5 Å². The summed E-state index contributed by atoms with van der Waals surface area (Å²) in [4.78, 5) is 43.6. The van der Waals surface area contributed by atoms with Crippen molar-refractivity contribution in [2.75, 3.05) is 6.54 Å². The molecule has 6 atom stereocenters. The van der Waals surface area contributed by atoms with Gasteiger partial charge in [0.2, 0.25) is 17.7 Å². The van der Waals surface area contributed by atoms with Crippen molar-refractivity contribution in [2.45, 2.75) is 81.8 Å². The molecule has 2 saturated heterocycles. The Labute approximate surface area is 282 Å². The third-order valence-electron chi connectivity index (χ3n) is 9.65. The number of hydrogen-bond acceptors (Lipinski definition) is 6. The van der Waals surface area contributed by atoms with E-state index in [2.05, 4.69) is 11.4 Å². The highest BCUT2D eigenvalue weighted by molar-refractivity contribution is 5.91. The maximum atomic E-state index is 14.7. The van der Waals surface area contributed by atoms with Crippen LogP contribution in [0.3, 0.4) is 0 Å². The molecule has 3 fully saturated rings. The Kier molecular flexibility index (Phi) is 10.2. The van der Waals surface area contributed by atoms with Crippen molar-refractivity contribution < 1.29 is 32.3 Å². The lowest BCUT2D eigenvalue weighted by molar-refractivity contribution is -0.140. The number of nitrogens with two attached hydrogens (primary N) is 1. The van der Waals surface area contributed by atoms with E-state index >= 15 is 0 Å². The van der Waals surface area contributed by atoms with Gasteiger partial charge in [-0.3, -0.25) is 14.4 Å². The summed E-state index contributed by atoms with van der Waals surface area (Å²) in [5.74, 6) is -4.03. The number of nitrogens with one attached hydrogen (secondary N) is 1. The Morgan fingerprint density at radius 2 is 1.69 bits per heavy atom. The minimum Gasteiger partial charge on any atom is -0.489 e. The zero-order valence-electron chi connectivity index (χ0n) is 26.9. The van der Waals surface area contributed by atoms with E-state index in [9.17, 15) is 32.8 Å². The average Bonchev–Trinajstić information content (AvgIpc) is 3.48. The van der Waals surface area contributed by atoms with Crippen LogP contribution < -0.4 is 15.8 Å². The molecular formula is C37H38F3N5O4. The first-order valence-corrected chi connectivity index (χ1v) is 16.6. The largest absolute Gasteiger partial charge is 0.489 e. The molecule has 3 aliphatic rings. The quantitative estimate of drug-likeness (QED) is 0.278. The first-order valence-electron chi connectivity index (χ1n) is 16.6. The smallest absolute Gasteiger partial charge is 0.243 e. The topological polar surface area (TPSA) is 129 Å². The normalized spacial score (nSPS) is 22.2. The van der Waals surface area contributed by atoms with Crippen molar-refractivity contribution in [1.82, 2.24) is 15.1 Å². The van der Waals surface area contributed by atoms with E-state index in [-0.39, 0.29) is 42.7 Å². The van der Waals surface area contributed by atoms with Gasteiger partial charge in [0.05, 0.1) is 12.1 Å². The van der Waals surface area contributed by atoms with Crippen molar-refractivity contribution in [2.24, 2.45) is 11.7 Å². The van der Waals surface area contributed by atoms with Crippen LogP contribution in [0.4, 0.5) is 13.2 Å². The van der Waals surface area contributed by atoms with E-state index in [4.69, 9.17) is 10.5 Å². The van der Waals surface area contributed by atoms with Crippen LogP contribution in [0.25, 0.3) is 0 Å². The Hall–Kier alpha value is -4.89. The number of fused-ring (bicyclic) bond motifs is 1. The van der Waals surface area contributed by atoms with E-state index in [1.165, 1.54) is 9.80 Å². The summed E-state index contributed by atoms with van der Waals surface area (Å²) in [6.45, 7) is 0.722. The number of nitrogens with zero attached hydrogens (tertiary/aromatic N) is 3. The molecule has 3 aromatic carbocycles. The van der Waals surface area contributed by atoms with E-state index in [0.29, 0.717) is 50.3 Å². The third kappa shape index (κ3) is 7.89. The molecule has 0 spiro atoms. The fourth-order valence-electron chi connectivity index (χ4n) is 7.02. The second-order valence-electron chi connectivity index (χ2n) is 13.1. The predicted molar refractivity (Wildman–Crippen MR) is 173 cm³/mol. The van der Waals surface area contributed by atoms with Gasteiger partial charge in [-0.25, -0.2) is 13.2 Å². The number of ether oxygens (including phenoxy) is 1. The minimum atomic E-state index is -1.35. The first kappa shape index (κ1) is 34.0. The second-order valence-corrected chi connectivity index (χ2v) is 13.1. The number of amides is 3. The molecule has 49 heavy (non-hydrogen) atoms. The Morgan fingerprint density at radius 3 is 2.43 bits per heavy atom. The molecule has 256 valence electrons. The molecule has 5 unspecified atom stereocenters. The van der Waals surface area contributed by atoms with Gasteiger partial charge in [-0.05, 0) is 79.3 Å². The van der Waals surface area contributed by atoms with Gasteiger partial charge < -0.3 is 25.6 Å². The molecular weight excluding hydrogens is 635 g/mol. The molecule has 0 aromatic heterocycles. The summed E-state index contributed by atoms with van der Waals surface area (Å²) >= 11 is 0. The van der Waals surface area contributed by atoms with Crippen molar-refractivity contribution >= 4 is 17.7 Å². The number of rotatable bonds is 12. The molecule has 2 heterocycles. The van der Waals surface area contributed by atoms with Crippen LogP contribution in [-0.2, 0) is 33.8 Å². The predicted octanol–water partition coefficient (Wildman–Crippen LogP) is 4.17. The van der Waals surface area contributed by atoms with E-state index in [1.807, 2.05) is 54.6 Å². The standard InChI is InChI=1S/C37H38F3N5O4/c38-29-19-31(40)30(39)16-24(29)14-26(18-35(46)45-27(20-41)15-25-17-34(25)45)43-36(47)33-7-4-12-44(33)37(48)32(42)13-22-8-10-28(11-9-22)49-21-23-5-2-1-3-6-23/h1-3,5-6,8-11,16,19,25-27,32-34H,4,7,12-15,17-18,21,42H2,(H,43,47)/t25?,26-,27?,32?,33?,34?/m1/s1. The molecule has 3 amide bonds. The highest BCUT2D eigenvalue weighted by atomic mass is 19.2. The molecule has 2 aliphatic heterocycles. The molecule has 3 aromatic rings. The summed E-state index contributed by atoms with van der Waals surface area (Å²) in [6, 6.07) is 16.9. The number of nitriles is 1. The molecule has 1 aliphatic carbocycles. The van der Waals surface area contributed by atoms with Crippen LogP contribution >= 0.6 is 0 Å². The van der Waals surface area contributed by atoms with Crippen molar-refractivity contribution in [1.29, 1.82) is 5.26 Å². The van der Waals surface area contributed by atoms with Gasteiger partial charge in [0.15, 0.2) is 11.6 Å². The van der Waals surface area contributed by atoms with Gasteiger partial charge in [0.25, 0.3) is 0 Å². The molecule has 1 saturated carbocycles. The van der Waals surface area contributed by atoms with Gasteiger partial charge in [-0.15, -0.1) is 0 Å². The van der Waals surface area contributed by atoms with Crippen LogP contribution in [0.2, 0.25) is 0 Å². The molecule has 0 radical (unpaired) electrons. The van der Waals surface area contributed by atoms with Crippen LogP contribution in [0.5, 0.6) is 5.75 Å². The Bertz CT molecular complexity index is 1730. The van der Waals surface area contributed by atoms with Gasteiger partial charge in [0, 0.05) is 31.1 Å². The van der Waals surface area contributed by atoms with Gasteiger partial charge in [-0.2, -0.15) is 5.26 Å². The maximum Gasteiger partial charge on any atom is 0.243 e. The van der Waals surface area contributed by atoms with Gasteiger partial charge in [0.1, 0.15) is 30.3 Å². The van der Waals surface area contributed by atoms with Crippen LogP contribution in [0.1, 0.15) is 48.8 Å². The summed E-state index contributed by atoms with van der Waals surface area (Å²) in [7, 11) is 0. The number of carbonyl (C=O) groups is 3. The van der Waals surface area contributed by atoms with Crippen molar-refractivity contribution in [3.63, 3.8) is 0 Å². The van der Waals surface area contributed by atoms with Crippen LogP contribution in [0, 0.1) is 34.7 Å². The summed E-state index contributed by atoms with van der Waals surface area (Å²) in [6.07, 6.45) is 1.92. The molecule has 9 nitrogen and oxygen atoms in total. The van der Waals surface area contributed by atoms with E-state index in [1.54, 1.807) is 0 Å². The number of likely N-dealkylation sites (tertiary alicyclic amines) is 2. The second kappa shape index (κ2) is 14.7. The molecule has 12 heteroatoms. The zero-order chi connectivity index (χ0) is 34.7. The van der Waals surface area contributed by atoms with Gasteiger partial charge in [-0.1, -0.05) is 42.5 Å². The van der Waals surface area contributed by atoms with Crippen LogP contribution in [0.15, 0.2) is 66.7 Å². The lowest BCUT2D eigenvalue weighted by Gasteiger charge is -2.30. The number of halogens is 3. The number of hydrogen-bond donors (Lipinski definition) is 2. The third-order valence-corrected chi connectivity index (χ3v) is 9.65.